The number of hydrogen-bond donors (Lipinski definition) is 2. The molecule has 1 aliphatic heterocycles. The van der Waals surface area contributed by atoms with Crippen molar-refractivity contribution in [1.29, 1.82) is 0 Å². The van der Waals surface area contributed by atoms with Crippen LogP contribution < -0.4 is 5.32 Å². The first-order valence-electron chi connectivity index (χ1n) is 9.37. The molecule has 1 unspecified atom stereocenters. The average Bonchev–Trinajstić information content (AvgIpc) is 3.00. The highest BCUT2D eigenvalue weighted by molar-refractivity contribution is 5.97. The average molecular weight is 355 g/mol. The maximum Gasteiger partial charge on any atom is 0.253 e. The lowest BCUT2D eigenvalue weighted by Crippen LogP contribution is -2.54. The molecule has 2 aromatic rings. The lowest BCUT2D eigenvalue weighted by atomic mass is 9.69. The van der Waals surface area contributed by atoms with Gasteiger partial charge in [0.25, 0.3) is 5.91 Å². The van der Waals surface area contributed by atoms with Crippen LogP contribution in [-0.2, 0) is 4.79 Å². The Morgan fingerprint density at radius 2 is 2.15 bits per heavy atom. The molecule has 7 nitrogen and oxygen atoms in total. The lowest BCUT2D eigenvalue weighted by molar-refractivity contribution is -0.147. The Kier molecular flexibility index (Phi) is 4.17. The van der Waals surface area contributed by atoms with E-state index >= 15 is 0 Å². The summed E-state index contributed by atoms with van der Waals surface area (Å²) in [5.74, 6) is 0.106. The monoisotopic (exact) mass is 355 g/mol. The lowest BCUT2D eigenvalue weighted by Gasteiger charge is -2.43. The predicted octanol–water partition coefficient (Wildman–Crippen LogP) is 2.18. The van der Waals surface area contributed by atoms with Crippen LogP contribution in [0.3, 0.4) is 0 Å². The summed E-state index contributed by atoms with van der Waals surface area (Å²) in [5.41, 5.74) is 1.85. The number of H-pyrrole nitrogens is 1. The molecule has 1 atom stereocenters. The van der Waals surface area contributed by atoms with Crippen LogP contribution in [0.4, 0.5) is 0 Å². The first kappa shape index (κ1) is 17.0. The number of fused-ring (bicyclic) bond motifs is 1. The molecule has 2 fully saturated rings. The van der Waals surface area contributed by atoms with Crippen LogP contribution in [0, 0.1) is 12.3 Å². The van der Waals surface area contributed by atoms with E-state index in [-0.39, 0.29) is 23.3 Å². The Labute approximate surface area is 152 Å². The number of carbonyl (C=O) groups is 2. The second kappa shape index (κ2) is 6.37. The van der Waals surface area contributed by atoms with Gasteiger partial charge in [0.1, 0.15) is 0 Å². The molecule has 138 valence electrons. The summed E-state index contributed by atoms with van der Waals surface area (Å²) in [7, 11) is 0. The number of aromatic nitrogens is 3. The topological polar surface area (TPSA) is 91.0 Å². The van der Waals surface area contributed by atoms with Crippen LogP contribution in [0.25, 0.3) is 11.0 Å². The van der Waals surface area contributed by atoms with Crippen molar-refractivity contribution in [3.8, 4) is 0 Å². The van der Waals surface area contributed by atoms with Gasteiger partial charge in [-0.15, -0.1) is 0 Å². The van der Waals surface area contributed by atoms with Gasteiger partial charge in [0, 0.05) is 41.8 Å². The van der Waals surface area contributed by atoms with Gasteiger partial charge in [0.2, 0.25) is 5.91 Å². The number of rotatable bonds is 3. The van der Waals surface area contributed by atoms with E-state index in [0.29, 0.717) is 17.8 Å². The zero-order chi connectivity index (χ0) is 18.3. The molecule has 1 saturated carbocycles. The minimum atomic E-state index is -0.181. The number of likely N-dealkylation sites (tertiary alicyclic amines) is 1. The standard InChI is InChI=1S/C19H25N5O2/c1-12-15-9-13(10-20-16(15)23-22-12)17(25)21-14-5-3-8-24(11-14)18(26)19(2)6-4-7-19/h9-10,14H,3-8,11H2,1-2H3,(H,21,25)(H,20,22,23). The highest BCUT2D eigenvalue weighted by Gasteiger charge is 2.42. The summed E-state index contributed by atoms with van der Waals surface area (Å²) in [6.07, 6.45) is 6.47. The molecule has 0 bridgehead atoms. The number of nitrogens with zero attached hydrogens (tertiary/aromatic N) is 3. The van der Waals surface area contributed by atoms with E-state index in [0.717, 1.165) is 49.7 Å². The smallest absolute Gasteiger partial charge is 0.253 e. The first-order valence-corrected chi connectivity index (χ1v) is 9.37. The summed E-state index contributed by atoms with van der Waals surface area (Å²) in [6, 6.07) is 1.81. The molecule has 2 aliphatic rings. The van der Waals surface area contributed by atoms with Gasteiger partial charge in [-0.25, -0.2) is 4.98 Å². The zero-order valence-corrected chi connectivity index (χ0v) is 15.3. The maximum atomic E-state index is 12.8. The molecule has 2 aromatic heterocycles. The number of carbonyl (C=O) groups excluding carboxylic acids is 2. The van der Waals surface area contributed by atoms with Crippen molar-refractivity contribution in [3.05, 3.63) is 23.5 Å². The number of pyridine rings is 1. The van der Waals surface area contributed by atoms with Gasteiger partial charge in [0.15, 0.2) is 5.65 Å². The van der Waals surface area contributed by atoms with E-state index in [1.807, 2.05) is 17.9 Å². The number of aromatic amines is 1. The summed E-state index contributed by atoms with van der Waals surface area (Å²) in [6.45, 7) is 5.36. The number of nitrogens with one attached hydrogen (secondary N) is 2. The molecule has 1 aliphatic carbocycles. The van der Waals surface area contributed by atoms with Crippen LogP contribution in [0.15, 0.2) is 12.3 Å². The van der Waals surface area contributed by atoms with E-state index in [1.165, 1.54) is 0 Å². The number of piperidine rings is 1. The van der Waals surface area contributed by atoms with Crippen LogP contribution in [-0.4, -0.2) is 51.0 Å². The fourth-order valence-electron chi connectivity index (χ4n) is 3.99. The van der Waals surface area contributed by atoms with Crippen molar-refractivity contribution in [1.82, 2.24) is 25.4 Å². The molecular formula is C19H25N5O2. The second-order valence-corrected chi connectivity index (χ2v) is 7.92. The Bertz CT molecular complexity index is 855. The normalized spacial score (nSPS) is 22.1. The van der Waals surface area contributed by atoms with Gasteiger partial charge < -0.3 is 10.2 Å². The summed E-state index contributed by atoms with van der Waals surface area (Å²) in [5, 5.41) is 10.9. The van der Waals surface area contributed by atoms with E-state index < -0.39 is 0 Å². The minimum Gasteiger partial charge on any atom is -0.347 e. The summed E-state index contributed by atoms with van der Waals surface area (Å²) < 4.78 is 0. The van der Waals surface area contributed by atoms with Crippen LogP contribution in [0.1, 0.15) is 55.1 Å². The van der Waals surface area contributed by atoms with Crippen molar-refractivity contribution in [2.45, 2.75) is 52.0 Å². The van der Waals surface area contributed by atoms with Gasteiger partial charge in [0.05, 0.1) is 5.56 Å². The molecule has 0 spiro atoms. The predicted molar refractivity (Wildman–Crippen MR) is 97.7 cm³/mol. The van der Waals surface area contributed by atoms with Crippen LogP contribution >= 0.6 is 0 Å². The fourth-order valence-corrected chi connectivity index (χ4v) is 3.99. The zero-order valence-electron chi connectivity index (χ0n) is 15.3. The Morgan fingerprint density at radius 3 is 2.88 bits per heavy atom. The van der Waals surface area contributed by atoms with Gasteiger partial charge >= 0.3 is 0 Å². The molecule has 2 amide bonds. The van der Waals surface area contributed by atoms with Crippen molar-refractivity contribution in [2.75, 3.05) is 13.1 Å². The third-order valence-electron chi connectivity index (χ3n) is 5.88. The van der Waals surface area contributed by atoms with Crippen molar-refractivity contribution in [2.24, 2.45) is 5.41 Å². The SMILES string of the molecule is Cc1[nH]nc2ncc(C(=O)NC3CCCN(C(=O)C4(C)CCC4)C3)cc12. The van der Waals surface area contributed by atoms with Gasteiger partial charge in [-0.05, 0) is 38.7 Å². The van der Waals surface area contributed by atoms with Crippen LogP contribution in [0.2, 0.25) is 0 Å². The first-order chi connectivity index (χ1) is 12.5. The van der Waals surface area contributed by atoms with Gasteiger partial charge in [-0.3, -0.25) is 14.7 Å². The van der Waals surface area contributed by atoms with Gasteiger partial charge in [-0.2, -0.15) is 5.10 Å². The number of hydrogen-bond acceptors (Lipinski definition) is 4. The molecule has 0 aromatic carbocycles. The fraction of sp³-hybridized carbons (Fsp3) is 0.579. The van der Waals surface area contributed by atoms with E-state index in [4.69, 9.17) is 0 Å². The van der Waals surface area contributed by atoms with E-state index in [9.17, 15) is 9.59 Å². The second-order valence-electron chi connectivity index (χ2n) is 7.92. The minimum absolute atomic E-state index is 0.00924. The highest BCUT2D eigenvalue weighted by atomic mass is 16.2. The number of aryl methyl sites for hydroxylation is 1. The maximum absolute atomic E-state index is 12.8. The molecule has 2 N–H and O–H groups in total. The van der Waals surface area contributed by atoms with E-state index in [1.54, 1.807) is 6.20 Å². The molecule has 1 saturated heterocycles. The number of amides is 2. The molecule has 0 radical (unpaired) electrons. The summed E-state index contributed by atoms with van der Waals surface area (Å²) >= 11 is 0. The molecule has 4 rings (SSSR count). The van der Waals surface area contributed by atoms with Crippen LogP contribution in [0.5, 0.6) is 0 Å². The molecule has 26 heavy (non-hydrogen) atoms. The third-order valence-corrected chi connectivity index (χ3v) is 5.88. The van der Waals surface area contributed by atoms with Crippen molar-refractivity contribution in [3.63, 3.8) is 0 Å². The highest BCUT2D eigenvalue weighted by Crippen LogP contribution is 2.42. The van der Waals surface area contributed by atoms with Gasteiger partial charge in [-0.1, -0.05) is 13.3 Å². The Morgan fingerprint density at radius 1 is 1.35 bits per heavy atom. The largest absolute Gasteiger partial charge is 0.347 e. The van der Waals surface area contributed by atoms with Crippen molar-refractivity contribution < 1.29 is 9.59 Å². The molecule has 7 heteroatoms. The van der Waals surface area contributed by atoms with E-state index in [2.05, 4.69) is 27.4 Å². The van der Waals surface area contributed by atoms with Crippen molar-refractivity contribution >= 4 is 22.8 Å². The summed E-state index contributed by atoms with van der Waals surface area (Å²) in [4.78, 5) is 31.6. The quantitative estimate of drug-likeness (QED) is 0.883. The molecular weight excluding hydrogens is 330 g/mol. The Balaban J connectivity index is 1.43. The Hall–Kier alpha value is -2.44. The third kappa shape index (κ3) is 2.95. The molecule has 3 heterocycles.